The van der Waals surface area contributed by atoms with Crippen molar-refractivity contribution in [2.45, 2.75) is 6.92 Å². The van der Waals surface area contributed by atoms with Crippen molar-refractivity contribution in [3.05, 3.63) is 65.2 Å². The molecule has 2 aromatic carbocycles. The number of thiazole rings is 1. The first-order chi connectivity index (χ1) is 14.1. The second-order valence-electron chi connectivity index (χ2n) is 6.39. The van der Waals surface area contributed by atoms with E-state index in [9.17, 15) is 4.79 Å². The van der Waals surface area contributed by atoms with Gasteiger partial charge in [-0.05, 0) is 37.3 Å². The molecular formula is C22H19N3O3S. The van der Waals surface area contributed by atoms with Crippen LogP contribution < -0.4 is 14.8 Å². The fourth-order valence-electron chi connectivity index (χ4n) is 3.12. The van der Waals surface area contributed by atoms with E-state index in [2.05, 4.69) is 15.3 Å². The van der Waals surface area contributed by atoms with Crippen LogP contribution in [-0.4, -0.2) is 30.1 Å². The van der Waals surface area contributed by atoms with Crippen LogP contribution in [0.1, 0.15) is 16.1 Å². The summed E-state index contributed by atoms with van der Waals surface area (Å²) in [6.07, 6.45) is 0. The summed E-state index contributed by atoms with van der Waals surface area (Å²) in [6.45, 7) is 1.88. The summed E-state index contributed by atoms with van der Waals surface area (Å²) < 4.78 is 10.6. The maximum Gasteiger partial charge on any atom is 0.258 e. The Morgan fingerprint density at radius 1 is 1.00 bits per heavy atom. The summed E-state index contributed by atoms with van der Waals surface area (Å²) in [5, 5.41) is 6.14. The summed E-state index contributed by atoms with van der Waals surface area (Å²) in [6, 6.07) is 15.0. The molecule has 0 bridgehead atoms. The largest absolute Gasteiger partial charge is 0.493 e. The molecule has 2 heterocycles. The number of pyridine rings is 1. The predicted molar refractivity (Wildman–Crippen MR) is 115 cm³/mol. The highest BCUT2D eigenvalue weighted by Gasteiger charge is 2.15. The number of fused-ring (bicyclic) bond motifs is 1. The highest BCUT2D eigenvalue weighted by atomic mass is 32.1. The zero-order valence-corrected chi connectivity index (χ0v) is 17.0. The van der Waals surface area contributed by atoms with E-state index in [1.165, 1.54) is 11.3 Å². The Hall–Kier alpha value is -3.45. The van der Waals surface area contributed by atoms with E-state index >= 15 is 0 Å². The molecule has 2 aromatic heterocycles. The van der Waals surface area contributed by atoms with Gasteiger partial charge in [-0.15, -0.1) is 11.3 Å². The third kappa shape index (κ3) is 3.77. The van der Waals surface area contributed by atoms with Gasteiger partial charge in [-0.2, -0.15) is 0 Å². The number of benzene rings is 2. The molecule has 0 fully saturated rings. The molecule has 1 amide bonds. The van der Waals surface area contributed by atoms with E-state index in [4.69, 9.17) is 9.47 Å². The first-order valence-electron chi connectivity index (χ1n) is 8.94. The maximum absolute atomic E-state index is 12.9. The van der Waals surface area contributed by atoms with Crippen LogP contribution in [-0.2, 0) is 0 Å². The van der Waals surface area contributed by atoms with E-state index in [-0.39, 0.29) is 5.91 Å². The summed E-state index contributed by atoms with van der Waals surface area (Å²) in [7, 11) is 3.19. The molecule has 0 aliphatic carbocycles. The van der Waals surface area contributed by atoms with Crippen molar-refractivity contribution in [3.63, 3.8) is 0 Å². The first kappa shape index (κ1) is 18.9. The number of aryl methyl sites for hydroxylation is 1. The molecule has 0 unspecified atom stereocenters. The van der Waals surface area contributed by atoms with Crippen LogP contribution in [0.2, 0.25) is 0 Å². The third-order valence-electron chi connectivity index (χ3n) is 4.49. The average molecular weight is 405 g/mol. The van der Waals surface area contributed by atoms with Crippen LogP contribution >= 0.6 is 11.3 Å². The summed E-state index contributed by atoms with van der Waals surface area (Å²) in [5.41, 5.74) is 3.80. The number of hydrogen-bond acceptors (Lipinski definition) is 6. The Balaban J connectivity index is 1.61. The van der Waals surface area contributed by atoms with Gasteiger partial charge in [0.25, 0.3) is 5.91 Å². The molecular weight excluding hydrogens is 386 g/mol. The molecule has 4 rings (SSSR count). The highest BCUT2D eigenvalue weighted by molar-refractivity contribution is 7.14. The molecule has 0 spiro atoms. The second kappa shape index (κ2) is 7.89. The monoisotopic (exact) mass is 405 g/mol. The maximum atomic E-state index is 12.9. The fourth-order valence-corrected chi connectivity index (χ4v) is 3.83. The number of anilines is 1. The van der Waals surface area contributed by atoms with Crippen LogP contribution in [0.5, 0.6) is 11.5 Å². The minimum Gasteiger partial charge on any atom is -0.493 e. The Kier molecular flexibility index (Phi) is 5.14. The van der Waals surface area contributed by atoms with Crippen LogP contribution in [0.4, 0.5) is 5.13 Å². The van der Waals surface area contributed by atoms with Crippen molar-refractivity contribution in [1.29, 1.82) is 0 Å². The Morgan fingerprint density at radius 3 is 2.59 bits per heavy atom. The van der Waals surface area contributed by atoms with Crippen molar-refractivity contribution >= 4 is 33.3 Å². The molecule has 7 heteroatoms. The lowest BCUT2D eigenvalue weighted by atomic mass is 10.1. The summed E-state index contributed by atoms with van der Waals surface area (Å²) in [4.78, 5) is 21.9. The predicted octanol–water partition coefficient (Wildman–Crippen LogP) is 4.94. The molecule has 0 saturated carbocycles. The number of aromatic nitrogens is 2. The SMILES string of the molecule is COc1ccc(-c2csc(NC(=O)c3cc(C)nc4ccccc34)n2)cc1OC. The minimum absolute atomic E-state index is 0.208. The smallest absolute Gasteiger partial charge is 0.258 e. The normalized spacial score (nSPS) is 10.7. The highest BCUT2D eigenvalue weighted by Crippen LogP contribution is 2.33. The molecule has 0 atom stereocenters. The van der Waals surface area contributed by atoms with E-state index in [1.807, 2.05) is 54.8 Å². The first-order valence-corrected chi connectivity index (χ1v) is 9.82. The van der Waals surface area contributed by atoms with Gasteiger partial charge in [0.2, 0.25) is 0 Å². The number of nitrogens with zero attached hydrogens (tertiary/aromatic N) is 2. The molecule has 4 aromatic rings. The lowest BCUT2D eigenvalue weighted by molar-refractivity contribution is 0.102. The average Bonchev–Trinajstić information content (AvgIpc) is 3.20. The number of ether oxygens (including phenoxy) is 2. The lowest BCUT2D eigenvalue weighted by Crippen LogP contribution is -2.13. The van der Waals surface area contributed by atoms with Crippen LogP contribution in [0.3, 0.4) is 0 Å². The molecule has 0 radical (unpaired) electrons. The van der Waals surface area contributed by atoms with E-state index in [1.54, 1.807) is 20.3 Å². The van der Waals surface area contributed by atoms with Gasteiger partial charge < -0.3 is 9.47 Å². The number of methoxy groups -OCH3 is 2. The van der Waals surface area contributed by atoms with Crippen molar-refractivity contribution in [2.24, 2.45) is 0 Å². The summed E-state index contributed by atoms with van der Waals surface area (Å²) >= 11 is 1.37. The topological polar surface area (TPSA) is 73.3 Å². The molecule has 0 saturated heterocycles. The van der Waals surface area contributed by atoms with Crippen molar-refractivity contribution in [2.75, 3.05) is 19.5 Å². The molecule has 1 N–H and O–H groups in total. The lowest BCUT2D eigenvalue weighted by Gasteiger charge is -2.08. The van der Waals surface area contributed by atoms with Crippen LogP contribution in [0, 0.1) is 6.92 Å². The number of amides is 1. The van der Waals surface area contributed by atoms with E-state index < -0.39 is 0 Å². The zero-order valence-electron chi connectivity index (χ0n) is 16.2. The molecule has 29 heavy (non-hydrogen) atoms. The van der Waals surface area contributed by atoms with E-state index in [0.29, 0.717) is 22.2 Å². The van der Waals surface area contributed by atoms with Gasteiger partial charge in [-0.3, -0.25) is 15.1 Å². The Labute approximate surface area is 172 Å². The Bertz CT molecular complexity index is 1200. The van der Waals surface area contributed by atoms with Gasteiger partial charge >= 0.3 is 0 Å². The number of carbonyl (C=O) groups is 1. The molecule has 0 aliphatic heterocycles. The van der Waals surface area contributed by atoms with Gasteiger partial charge in [0.05, 0.1) is 31.0 Å². The number of nitrogens with one attached hydrogen (secondary N) is 1. The van der Waals surface area contributed by atoms with Gasteiger partial charge in [-0.1, -0.05) is 18.2 Å². The van der Waals surface area contributed by atoms with Crippen LogP contribution in [0.25, 0.3) is 22.2 Å². The number of hydrogen-bond donors (Lipinski definition) is 1. The molecule has 6 nitrogen and oxygen atoms in total. The third-order valence-corrected chi connectivity index (χ3v) is 5.25. The van der Waals surface area contributed by atoms with Gasteiger partial charge in [-0.25, -0.2) is 4.98 Å². The zero-order chi connectivity index (χ0) is 20.4. The quantitative estimate of drug-likeness (QED) is 0.509. The minimum atomic E-state index is -0.208. The number of carbonyl (C=O) groups excluding carboxylic acids is 1. The van der Waals surface area contributed by atoms with Gasteiger partial charge in [0.15, 0.2) is 16.6 Å². The van der Waals surface area contributed by atoms with Crippen molar-refractivity contribution < 1.29 is 14.3 Å². The number of rotatable bonds is 5. The second-order valence-corrected chi connectivity index (χ2v) is 7.25. The van der Waals surface area contributed by atoms with Crippen LogP contribution in [0.15, 0.2) is 53.9 Å². The standard InChI is InChI=1S/C22H19N3O3S/c1-13-10-16(15-6-4-5-7-17(15)23-13)21(26)25-22-24-18(12-29-22)14-8-9-19(27-2)20(11-14)28-3/h4-12H,1-3H3,(H,24,25,26). The Morgan fingerprint density at radius 2 is 1.79 bits per heavy atom. The van der Waals surface area contributed by atoms with Gasteiger partial charge in [0, 0.05) is 22.0 Å². The van der Waals surface area contributed by atoms with Crippen molar-refractivity contribution in [3.8, 4) is 22.8 Å². The van der Waals surface area contributed by atoms with E-state index in [0.717, 1.165) is 27.9 Å². The number of para-hydroxylation sites is 1. The molecule has 0 aliphatic rings. The summed E-state index contributed by atoms with van der Waals surface area (Å²) in [5.74, 6) is 1.07. The van der Waals surface area contributed by atoms with Gasteiger partial charge in [0.1, 0.15) is 0 Å². The fraction of sp³-hybridized carbons (Fsp3) is 0.136. The van der Waals surface area contributed by atoms with Crippen molar-refractivity contribution in [1.82, 2.24) is 9.97 Å². The molecule has 146 valence electrons.